The number of likely N-dealkylation sites (tertiary alicyclic amines) is 1. The van der Waals surface area contributed by atoms with Crippen molar-refractivity contribution in [2.45, 2.75) is 52.6 Å². The van der Waals surface area contributed by atoms with E-state index >= 15 is 0 Å². The second-order valence-corrected chi connectivity index (χ2v) is 6.85. The summed E-state index contributed by atoms with van der Waals surface area (Å²) in [6.07, 6.45) is 4.20. The van der Waals surface area contributed by atoms with Gasteiger partial charge in [-0.15, -0.1) is 0 Å². The maximum absolute atomic E-state index is 12.1. The third kappa shape index (κ3) is 3.57. The van der Waals surface area contributed by atoms with E-state index in [0.29, 0.717) is 19.7 Å². The summed E-state index contributed by atoms with van der Waals surface area (Å²) in [5, 5.41) is 0. The zero-order chi connectivity index (χ0) is 15.7. The van der Waals surface area contributed by atoms with E-state index in [2.05, 4.69) is 0 Å². The van der Waals surface area contributed by atoms with Crippen LogP contribution >= 0.6 is 0 Å². The van der Waals surface area contributed by atoms with Gasteiger partial charge in [0.25, 0.3) is 0 Å². The summed E-state index contributed by atoms with van der Waals surface area (Å²) >= 11 is 0. The van der Waals surface area contributed by atoms with E-state index in [4.69, 9.17) is 9.47 Å². The molecule has 1 atom stereocenters. The van der Waals surface area contributed by atoms with Crippen molar-refractivity contribution in [1.82, 2.24) is 4.90 Å². The second-order valence-electron chi connectivity index (χ2n) is 6.85. The van der Waals surface area contributed by atoms with Gasteiger partial charge in [-0.25, -0.2) is 9.59 Å². The zero-order valence-corrected chi connectivity index (χ0v) is 13.4. The zero-order valence-electron chi connectivity index (χ0n) is 13.4. The maximum atomic E-state index is 12.1. The fourth-order valence-corrected chi connectivity index (χ4v) is 3.00. The molecular weight excluding hydrogens is 270 g/mol. The number of amides is 1. The molecule has 0 radical (unpaired) electrons. The Morgan fingerprint density at radius 3 is 2.57 bits per heavy atom. The fraction of sp³-hybridized carbons (Fsp3) is 0.750. The number of carbonyl (C=O) groups is 2. The van der Waals surface area contributed by atoms with Crippen LogP contribution in [0, 0.1) is 5.41 Å². The van der Waals surface area contributed by atoms with Crippen LogP contribution in [0.2, 0.25) is 0 Å². The fourth-order valence-electron chi connectivity index (χ4n) is 3.00. The topological polar surface area (TPSA) is 55.8 Å². The quantitative estimate of drug-likeness (QED) is 0.580. The van der Waals surface area contributed by atoms with E-state index < -0.39 is 5.60 Å². The van der Waals surface area contributed by atoms with Crippen molar-refractivity contribution < 1.29 is 19.1 Å². The number of hydrogen-bond donors (Lipinski definition) is 0. The van der Waals surface area contributed by atoms with Crippen LogP contribution in [0.1, 0.15) is 47.0 Å². The molecule has 2 rings (SSSR count). The number of rotatable bonds is 2. The number of carbonyl (C=O) groups excluding carboxylic acids is 2. The van der Waals surface area contributed by atoms with E-state index in [1.54, 1.807) is 17.9 Å². The van der Waals surface area contributed by atoms with Crippen LogP contribution in [-0.4, -0.2) is 42.3 Å². The minimum absolute atomic E-state index is 0.0241. The highest BCUT2D eigenvalue weighted by molar-refractivity contribution is 5.83. The van der Waals surface area contributed by atoms with Gasteiger partial charge >= 0.3 is 12.1 Å². The molecule has 1 saturated heterocycles. The van der Waals surface area contributed by atoms with Gasteiger partial charge in [0.05, 0.1) is 6.61 Å². The minimum Gasteiger partial charge on any atom is -0.463 e. The van der Waals surface area contributed by atoms with Gasteiger partial charge in [0.2, 0.25) is 0 Å². The predicted molar refractivity (Wildman–Crippen MR) is 78.8 cm³/mol. The Kier molecular flexibility index (Phi) is 4.30. The van der Waals surface area contributed by atoms with Crippen LogP contribution < -0.4 is 0 Å². The molecule has 5 nitrogen and oxygen atoms in total. The Hall–Kier alpha value is -1.52. The molecule has 0 N–H and O–H groups in total. The van der Waals surface area contributed by atoms with Gasteiger partial charge < -0.3 is 14.4 Å². The Morgan fingerprint density at radius 1 is 1.33 bits per heavy atom. The predicted octanol–water partition coefficient (Wildman–Crippen LogP) is 2.90. The van der Waals surface area contributed by atoms with Crippen molar-refractivity contribution in [3.05, 3.63) is 11.6 Å². The SMILES string of the molecule is CCOC(=O)/C=C1/CC[C@@]12CCN(C(=O)OC(C)(C)C)C2. The highest BCUT2D eigenvalue weighted by atomic mass is 16.6. The Labute approximate surface area is 126 Å². The van der Waals surface area contributed by atoms with Crippen molar-refractivity contribution in [3.8, 4) is 0 Å². The minimum atomic E-state index is -0.476. The van der Waals surface area contributed by atoms with E-state index in [1.165, 1.54) is 0 Å². The summed E-state index contributed by atoms with van der Waals surface area (Å²) in [4.78, 5) is 25.5. The van der Waals surface area contributed by atoms with Gasteiger partial charge in [-0.1, -0.05) is 5.57 Å². The van der Waals surface area contributed by atoms with E-state index in [1.807, 2.05) is 20.8 Å². The molecule has 1 spiro atoms. The summed E-state index contributed by atoms with van der Waals surface area (Å²) in [5.74, 6) is -0.276. The first-order valence-corrected chi connectivity index (χ1v) is 7.61. The van der Waals surface area contributed by atoms with Crippen LogP contribution in [0.15, 0.2) is 11.6 Å². The summed E-state index contributed by atoms with van der Waals surface area (Å²) < 4.78 is 10.4. The average molecular weight is 295 g/mol. The van der Waals surface area contributed by atoms with Crippen molar-refractivity contribution >= 4 is 12.1 Å². The highest BCUT2D eigenvalue weighted by Crippen LogP contribution is 2.52. The van der Waals surface area contributed by atoms with E-state index in [0.717, 1.165) is 24.8 Å². The average Bonchev–Trinajstić information content (AvgIpc) is 2.80. The van der Waals surface area contributed by atoms with Gasteiger partial charge in [0, 0.05) is 24.6 Å². The molecule has 1 saturated carbocycles. The third-order valence-electron chi connectivity index (χ3n) is 4.14. The van der Waals surface area contributed by atoms with Crippen molar-refractivity contribution in [2.75, 3.05) is 19.7 Å². The number of esters is 1. The monoisotopic (exact) mass is 295 g/mol. The molecule has 5 heteroatoms. The Morgan fingerprint density at radius 2 is 2.05 bits per heavy atom. The van der Waals surface area contributed by atoms with Crippen LogP contribution in [-0.2, 0) is 14.3 Å². The lowest BCUT2D eigenvalue weighted by Gasteiger charge is -2.41. The van der Waals surface area contributed by atoms with Crippen LogP contribution in [0.4, 0.5) is 4.79 Å². The molecule has 0 bridgehead atoms. The van der Waals surface area contributed by atoms with Gasteiger partial charge in [-0.2, -0.15) is 0 Å². The summed E-state index contributed by atoms with van der Waals surface area (Å²) in [6.45, 7) is 9.12. The maximum Gasteiger partial charge on any atom is 0.410 e. The largest absolute Gasteiger partial charge is 0.463 e. The molecule has 118 valence electrons. The molecule has 1 heterocycles. The molecule has 2 aliphatic rings. The molecule has 0 aromatic rings. The first-order chi connectivity index (χ1) is 9.76. The molecule has 2 fully saturated rings. The van der Waals surface area contributed by atoms with Crippen molar-refractivity contribution in [2.24, 2.45) is 5.41 Å². The smallest absolute Gasteiger partial charge is 0.410 e. The van der Waals surface area contributed by atoms with Gasteiger partial charge in [-0.05, 0) is 47.0 Å². The third-order valence-corrected chi connectivity index (χ3v) is 4.14. The van der Waals surface area contributed by atoms with Gasteiger partial charge in [0.15, 0.2) is 0 Å². The van der Waals surface area contributed by atoms with Crippen LogP contribution in [0.3, 0.4) is 0 Å². The molecular formula is C16H25NO4. The number of ether oxygens (including phenoxy) is 2. The second kappa shape index (κ2) is 5.70. The summed E-state index contributed by atoms with van der Waals surface area (Å²) in [6, 6.07) is 0. The van der Waals surface area contributed by atoms with E-state index in [9.17, 15) is 9.59 Å². The van der Waals surface area contributed by atoms with Crippen LogP contribution in [0.5, 0.6) is 0 Å². The molecule has 0 unspecified atom stereocenters. The Bertz CT molecular complexity index is 463. The highest BCUT2D eigenvalue weighted by Gasteiger charge is 2.48. The molecule has 1 amide bonds. The van der Waals surface area contributed by atoms with Crippen molar-refractivity contribution in [1.29, 1.82) is 0 Å². The normalized spacial score (nSPS) is 26.9. The lowest BCUT2D eigenvalue weighted by molar-refractivity contribution is -0.137. The first kappa shape index (κ1) is 15.9. The van der Waals surface area contributed by atoms with Gasteiger partial charge in [-0.3, -0.25) is 0 Å². The van der Waals surface area contributed by atoms with Gasteiger partial charge in [0.1, 0.15) is 5.60 Å². The Balaban J connectivity index is 1.98. The molecule has 1 aliphatic heterocycles. The lowest BCUT2D eigenvalue weighted by Crippen LogP contribution is -2.40. The van der Waals surface area contributed by atoms with Crippen LogP contribution in [0.25, 0.3) is 0 Å². The molecule has 0 aromatic carbocycles. The molecule has 0 aromatic heterocycles. The standard InChI is InChI=1S/C16H25NO4/c1-5-20-13(18)10-12-6-7-16(12)8-9-17(11-16)14(19)21-15(2,3)4/h10H,5-9,11H2,1-4H3/b12-10-/t16-/m0/s1. The van der Waals surface area contributed by atoms with E-state index in [-0.39, 0.29) is 17.5 Å². The molecule has 1 aliphatic carbocycles. The molecule has 21 heavy (non-hydrogen) atoms. The summed E-state index contributed by atoms with van der Waals surface area (Å²) in [5.41, 5.74) is 0.617. The lowest BCUT2D eigenvalue weighted by atomic mass is 9.64. The first-order valence-electron chi connectivity index (χ1n) is 7.61. The number of nitrogens with zero attached hydrogens (tertiary/aromatic N) is 1. The van der Waals surface area contributed by atoms with Crippen molar-refractivity contribution in [3.63, 3.8) is 0 Å². The number of hydrogen-bond acceptors (Lipinski definition) is 4. The summed E-state index contributed by atoms with van der Waals surface area (Å²) in [7, 11) is 0.